The second-order valence-corrected chi connectivity index (χ2v) is 3.39. The summed E-state index contributed by atoms with van der Waals surface area (Å²) in [5.74, 6) is 0. The van der Waals surface area contributed by atoms with E-state index in [1.807, 2.05) is 31.2 Å². The highest BCUT2D eigenvalue weighted by atomic mass is 35.5. The number of aryl methyl sites for hydroxylation is 1. The van der Waals surface area contributed by atoms with Gasteiger partial charge in [0, 0.05) is 12.1 Å². The zero-order valence-corrected chi connectivity index (χ0v) is 8.86. The van der Waals surface area contributed by atoms with E-state index in [0.717, 1.165) is 10.7 Å². The average molecular weight is 216 g/mol. The summed E-state index contributed by atoms with van der Waals surface area (Å²) < 4.78 is 0. The molecule has 0 aliphatic heterocycles. The predicted molar refractivity (Wildman–Crippen MR) is 59.7 cm³/mol. The first-order valence-corrected chi connectivity index (χ1v) is 4.80. The second kappa shape index (κ2) is 5.15. The van der Waals surface area contributed by atoms with Crippen LogP contribution in [-0.2, 0) is 0 Å². The molecule has 0 aliphatic carbocycles. The molecule has 0 spiro atoms. The Morgan fingerprint density at radius 1 is 1.46 bits per heavy atom. The van der Waals surface area contributed by atoms with Gasteiger partial charge in [0.1, 0.15) is 0 Å². The molecule has 0 unspecified atom stereocenters. The maximum absolute atomic E-state index is 5.96. The molecule has 13 heavy (non-hydrogen) atoms. The number of benzene rings is 1. The van der Waals surface area contributed by atoms with Gasteiger partial charge in [-0.05, 0) is 24.6 Å². The Kier molecular flexibility index (Phi) is 4.13. The van der Waals surface area contributed by atoms with E-state index in [4.69, 9.17) is 23.2 Å². The van der Waals surface area contributed by atoms with Crippen molar-refractivity contribution in [3.63, 3.8) is 0 Å². The molecule has 0 fully saturated rings. The lowest BCUT2D eigenvalue weighted by molar-refractivity contribution is 1.32. The third kappa shape index (κ3) is 3.29. The maximum atomic E-state index is 5.96. The second-order valence-electron chi connectivity index (χ2n) is 2.73. The number of rotatable bonds is 3. The fourth-order valence-corrected chi connectivity index (χ4v) is 1.26. The van der Waals surface area contributed by atoms with Crippen LogP contribution in [0, 0.1) is 6.92 Å². The first-order valence-electron chi connectivity index (χ1n) is 3.99. The number of hydrogen-bond donors (Lipinski definition) is 1. The normalized spacial score (nSPS) is 10.7. The molecule has 0 aliphatic rings. The van der Waals surface area contributed by atoms with Crippen molar-refractivity contribution in [2.45, 2.75) is 6.92 Å². The molecule has 1 rings (SSSR count). The summed E-state index contributed by atoms with van der Waals surface area (Å²) in [6, 6.07) is 5.86. The van der Waals surface area contributed by atoms with Gasteiger partial charge in [0.05, 0.1) is 10.7 Å². The SMILES string of the molecule is Cc1ccc(Cl)c(NC/C=C/Cl)c1. The van der Waals surface area contributed by atoms with Gasteiger partial charge in [0.2, 0.25) is 0 Å². The van der Waals surface area contributed by atoms with Gasteiger partial charge in [0.25, 0.3) is 0 Å². The largest absolute Gasteiger partial charge is 0.380 e. The van der Waals surface area contributed by atoms with Gasteiger partial charge in [-0.1, -0.05) is 35.3 Å². The fraction of sp³-hybridized carbons (Fsp3) is 0.200. The van der Waals surface area contributed by atoms with E-state index in [-0.39, 0.29) is 0 Å². The van der Waals surface area contributed by atoms with Crippen molar-refractivity contribution in [3.05, 3.63) is 40.4 Å². The van der Waals surface area contributed by atoms with Gasteiger partial charge in [-0.2, -0.15) is 0 Å². The van der Waals surface area contributed by atoms with Crippen LogP contribution >= 0.6 is 23.2 Å². The highest BCUT2D eigenvalue weighted by molar-refractivity contribution is 6.33. The molecule has 1 nitrogen and oxygen atoms in total. The van der Waals surface area contributed by atoms with Crippen molar-refractivity contribution >= 4 is 28.9 Å². The van der Waals surface area contributed by atoms with Crippen LogP contribution in [0.2, 0.25) is 5.02 Å². The molecule has 1 N–H and O–H groups in total. The third-order valence-electron chi connectivity index (χ3n) is 1.62. The molecule has 0 radical (unpaired) electrons. The molecule has 1 aromatic rings. The summed E-state index contributed by atoms with van der Waals surface area (Å²) in [7, 11) is 0. The Balaban J connectivity index is 2.69. The Morgan fingerprint density at radius 3 is 2.92 bits per heavy atom. The van der Waals surface area contributed by atoms with Gasteiger partial charge in [-0.25, -0.2) is 0 Å². The van der Waals surface area contributed by atoms with Crippen LogP contribution in [0.4, 0.5) is 5.69 Å². The van der Waals surface area contributed by atoms with Crippen molar-refractivity contribution < 1.29 is 0 Å². The molecule has 3 heteroatoms. The third-order valence-corrected chi connectivity index (χ3v) is 2.13. The van der Waals surface area contributed by atoms with Crippen LogP contribution in [0.25, 0.3) is 0 Å². The molecular weight excluding hydrogens is 205 g/mol. The summed E-state index contributed by atoms with van der Waals surface area (Å²) in [6.07, 6.45) is 1.82. The molecule has 0 aromatic heterocycles. The number of hydrogen-bond acceptors (Lipinski definition) is 1. The van der Waals surface area contributed by atoms with Crippen molar-refractivity contribution in [2.24, 2.45) is 0 Å². The van der Waals surface area contributed by atoms with Crippen molar-refractivity contribution in [2.75, 3.05) is 11.9 Å². The molecule has 70 valence electrons. The van der Waals surface area contributed by atoms with E-state index in [9.17, 15) is 0 Å². The van der Waals surface area contributed by atoms with E-state index < -0.39 is 0 Å². The summed E-state index contributed by atoms with van der Waals surface area (Å²) in [6.45, 7) is 2.71. The number of nitrogens with one attached hydrogen (secondary N) is 1. The highest BCUT2D eigenvalue weighted by Gasteiger charge is 1.97. The monoisotopic (exact) mass is 215 g/mol. The number of anilines is 1. The lowest BCUT2D eigenvalue weighted by Crippen LogP contribution is -1.98. The fourth-order valence-electron chi connectivity index (χ4n) is 0.988. The lowest BCUT2D eigenvalue weighted by atomic mass is 10.2. The molecule has 0 bridgehead atoms. The van der Waals surface area contributed by atoms with E-state index in [0.29, 0.717) is 6.54 Å². The standard InChI is InChI=1S/C10H11Cl2N/c1-8-3-4-9(12)10(7-8)13-6-2-5-11/h2-5,7,13H,6H2,1H3/b5-2+. The summed E-state index contributed by atoms with van der Waals surface area (Å²) >= 11 is 11.3. The van der Waals surface area contributed by atoms with Crippen LogP contribution in [0.3, 0.4) is 0 Å². The predicted octanol–water partition coefficient (Wildman–Crippen LogP) is 3.81. The molecule has 0 heterocycles. The Morgan fingerprint density at radius 2 is 2.23 bits per heavy atom. The molecule has 0 amide bonds. The molecular formula is C10H11Cl2N. The smallest absolute Gasteiger partial charge is 0.0637 e. The summed E-state index contributed by atoms with van der Waals surface area (Å²) in [4.78, 5) is 0. The zero-order chi connectivity index (χ0) is 9.68. The van der Waals surface area contributed by atoms with Crippen LogP contribution in [0.5, 0.6) is 0 Å². The van der Waals surface area contributed by atoms with Gasteiger partial charge in [0.15, 0.2) is 0 Å². The quantitative estimate of drug-likeness (QED) is 0.809. The molecule has 0 saturated heterocycles. The van der Waals surface area contributed by atoms with Crippen LogP contribution in [0.1, 0.15) is 5.56 Å². The minimum absolute atomic E-state index is 0.687. The Labute approximate surface area is 88.4 Å². The summed E-state index contributed by atoms with van der Waals surface area (Å²) in [5, 5.41) is 3.88. The average Bonchev–Trinajstić information content (AvgIpc) is 2.11. The topological polar surface area (TPSA) is 12.0 Å². The van der Waals surface area contributed by atoms with Crippen LogP contribution in [-0.4, -0.2) is 6.54 Å². The first-order chi connectivity index (χ1) is 6.24. The minimum Gasteiger partial charge on any atom is -0.380 e. The van der Waals surface area contributed by atoms with Gasteiger partial charge < -0.3 is 5.32 Å². The first kappa shape index (κ1) is 10.4. The minimum atomic E-state index is 0.687. The molecule has 0 atom stereocenters. The summed E-state index contributed by atoms with van der Waals surface area (Å²) in [5.41, 5.74) is 3.61. The van der Waals surface area contributed by atoms with Gasteiger partial charge in [-0.3, -0.25) is 0 Å². The van der Waals surface area contributed by atoms with E-state index in [1.54, 1.807) is 0 Å². The van der Waals surface area contributed by atoms with Crippen LogP contribution < -0.4 is 5.32 Å². The van der Waals surface area contributed by atoms with E-state index in [1.165, 1.54) is 11.1 Å². The highest BCUT2D eigenvalue weighted by Crippen LogP contribution is 2.22. The zero-order valence-electron chi connectivity index (χ0n) is 7.35. The van der Waals surface area contributed by atoms with Crippen molar-refractivity contribution in [3.8, 4) is 0 Å². The van der Waals surface area contributed by atoms with E-state index in [2.05, 4.69) is 5.32 Å². The van der Waals surface area contributed by atoms with Gasteiger partial charge >= 0.3 is 0 Å². The van der Waals surface area contributed by atoms with Crippen molar-refractivity contribution in [1.29, 1.82) is 0 Å². The maximum Gasteiger partial charge on any atom is 0.0637 e. The van der Waals surface area contributed by atoms with Crippen molar-refractivity contribution in [1.82, 2.24) is 0 Å². The van der Waals surface area contributed by atoms with Gasteiger partial charge in [-0.15, -0.1) is 0 Å². The van der Waals surface area contributed by atoms with E-state index >= 15 is 0 Å². The van der Waals surface area contributed by atoms with Crippen LogP contribution in [0.15, 0.2) is 29.8 Å². The lowest BCUT2D eigenvalue weighted by Gasteiger charge is -2.06. The number of halogens is 2. The molecule has 0 saturated carbocycles. The Hall–Kier alpha value is -0.660. The molecule has 1 aromatic carbocycles. The Bertz CT molecular complexity index is 308.